The first-order chi connectivity index (χ1) is 4.95. The number of hydrogen-bond acceptors (Lipinski definition) is 2. The van der Waals surface area contributed by atoms with Crippen molar-refractivity contribution in [3.05, 3.63) is 0 Å². The molecule has 0 aliphatic heterocycles. The number of rotatable bonds is 4. The molecular weight excluding hydrogens is 161 g/mol. The molecule has 1 atom stereocenters. The highest BCUT2D eigenvalue weighted by Crippen LogP contribution is 2.15. The van der Waals surface area contributed by atoms with Crippen molar-refractivity contribution in [3.63, 3.8) is 0 Å². The van der Waals surface area contributed by atoms with Crippen LogP contribution >= 0.6 is 0 Å². The summed E-state index contributed by atoms with van der Waals surface area (Å²) in [6, 6.07) is 0. The van der Waals surface area contributed by atoms with E-state index in [-0.39, 0.29) is 13.0 Å². The summed E-state index contributed by atoms with van der Waals surface area (Å²) >= 11 is 0. The van der Waals surface area contributed by atoms with Crippen molar-refractivity contribution in [2.75, 3.05) is 13.2 Å². The molecule has 0 aromatic heterocycles. The van der Waals surface area contributed by atoms with E-state index in [2.05, 4.69) is 4.74 Å². The molecule has 1 N–H and O–H groups in total. The Morgan fingerprint density at radius 2 is 2.00 bits per heavy atom. The zero-order valence-corrected chi connectivity index (χ0v) is 6.19. The maximum absolute atomic E-state index is 11.5. The second kappa shape index (κ2) is 4.56. The topological polar surface area (TPSA) is 29.5 Å². The molecule has 1 unspecified atom stereocenters. The summed E-state index contributed by atoms with van der Waals surface area (Å²) < 4.78 is 38.8. The fraction of sp³-hybridized carbons (Fsp3) is 1.00. The summed E-state index contributed by atoms with van der Waals surface area (Å²) in [5.41, 5.74) is 0. The summed E-state index contributed by atoms with van der Waals surface area (Å²) in [6.45, 7) is 0.0924. The van der Waals surface area contributed by atoms with Crippen molar-refractivity contribution in [3.8, 4) is 0 Å². The van der Waals surface area contributed by atoms with Crippen molar-refractivity contribution in [2.45, 2.75) is 25.6 Å². The van der Waals surface area contributed by atoms with Crippen molar-refractivity contribution in [1.29, 1.82) is 0 Å². The first-order valence-electron chi connectivity index (χ1n) is 3.25. The monoisotopic (exact) mass is 172 g/mol. The van der Waals surface area contributed by atoms with Crippen LogP contribution in [0.15, 0.2) is 0 Å². The second-order valence-corrected chi connectivity index (χ2v) is 2.25. The second-order valence-electron chi connectivity index (χ2n) is 2.25. The molecule has 68 valence electrons. The van der Waals surface area contributed by atoms with Gasteiger partial charge in [0.25, 0.3) is 0 Å². The fourth-order valence-electron chi connectivity index (χ4n) is 0.502. The summed E-state index contributed by atoms with van der Waals surface area (Å²) in [6.07, 6.45) is -4.58. The average Bonchev–Trinajstić information content (AvgIpc) is 1.83. The Balaban J connectivity index is 3.38. The lowest BCUT2D eigenvalue weighted by molar-refractivity contribution is -0.184. The molecule has 0 saturated carbocycles. The molecule has 0 heterocycles. The van der Waals surface area contributed by atoms with Gasteiger partial charge in [0.15, 0.2) is 0 Å². The molecule has 0 fully saturated rings. The van der Waals surface area contributed by atoms with Crippen LogP contribution in [0.25, 0.3) is 0 Å². The predicted octanol–water partition coefficient (Wildman–Crippen LogP) is 1.34. The number of ether oxygens (including phenoxy) is 1. The highest BCUT2D eigenvalue weighted by molar-refractivity contribution is 4.52. The maximum atomic E-state index is 11.5. The van der Waals surface area contributed by atoms with Gasteiger partial charge in [-0.3, -0.25) is 0 Å². The maximum Gasteiger partial charge on any atom is 0.411 e. The molecule has 0 aliphatic rings. The third-order valence-corrected chi connectivity index (χ3v) is 1.07. The van der Waals surface area contributed by atoms with Crippen molar-refractivity contribution >= 4 is 0 Å². The van der Waals surface area contributed by atoms with E-state index in [0.29, 0.717) is 0 Å². The van der Waals surface area contributed by atoms with Gasteiger partial charge in [0, 0.05) is 6.61 Å². The molecule has 5 heteroatoms. The van der Waals surface area contributed by atoms with Gasteiger partial charge in [-0.25, -0.2) is 0 Å². The van der Waals surface area contributed by atoms with Crippen LogP contribution in [0.4, 0.5) is 13.2 Å². The first-order valence-corrected chi connectivity index (χ1v) is 3.25. The van der Waals surface area contributed by atoms with Crippen LogP contribution in [0.5, 0.6) is 0 Å². The highest BCUT2D eigenvalue weighted by Gasteiger charge is 2.28. The molecule has 0 aromatic rings. The van der Waals surface area contributed by atoms with Gasteiger partial charge in [0.2, 0.25) is 0 Å². The van der Waals surface area contributed by atoms with Crippen LogP contribution in [0, 0.1) is 0 Å². The van der Waals surface area contributed by atoms with Crippen LogP contribution in [0.2, 0.25) is 0 Å². The van der Waals surface area contributed by atoms with E-state index in [1.807, 2.05) is 0 Å². The van der Waals surface area contributed by atoms with E-state index < -0.39 is 18.9 Å². The van der Waals surface area contributed by atoms with E-state index in [0.717, 1.165) is 0 Å². The molecule has 0 saturated heterocycles. The first kappa shape index (κ1) is 10.7. The minimum Gasteiger partial charge on any atom is -0.396 e. The van der Waals surface area contributed by atoms with E-state index in [1.54, 1.807) is 0 Å². The molecule has 0 amide bonds. The lowest BCUT2D eigenvalue weighted by Crippen LogP contribution is -2.22. The van der Waals surface area contributed by atoms with E-state index in [9.17, 15) is 13.2 Å². The summed E-state index contributed by atoms with van der Waals surface area (Å²) in [5.74, 6) is 0. The van der Waals surface area contributed by atoms with Gasteiger partial charge in [-0.1, -0.05) is 0 Å². The quantitative estimate of drug-likeness (QED) is 0.693. The lowest BCUT2D eigenvalue weighted by Gasteiger charge is -2.12. The van der Waals surface area contributed by atoms with Crippen molar-refractivity contribution in [1.82, 2.24) is 0 Å². The molecule has 0 radical (unpaired) electrons. The Kier molecular flexibility index (Phi) is 4.44. The third kappa shape index (κ3) is 7.61. The van der Waals surface area contributed by atoms with Gasteiger partial charge in [0.05, 0.1) is 6.10 Å². The van der Waals surface area contributed by atoms with Gasteiger partial charge in [-0.15, -0.1) is 0 Å². The molecule has 0 bridgehead atoms. The van der Waals surface area contributed by atoms with Gasteiger partial charge in [0.1, 0.15) is 6.61 Å². The number of hydrogen-bond donors (Lipinski definition) is 1. The summed E-state index contributed by atoms with van der Waals surface area (Å²) in [7, 11) is 0. The molecule has 2 nitrogen and oxygen atoms in total. The highest BCUT2D eigenvalue weighted by atomic mass is 19.4. The average molecular weight is 172 g/mol. The zero-order valence-electron chi connectivity index (χ0n) is 6.19. The van der Waals surface area contributed by atoms with Gasteiger partial charge < -0.3 is 9.84 Å². The summed E-state index contributed by atoms with van der Waals surface area (Å²) in [4.78, 5) is 0. The van der Waals surface area contributed by atoms with Crippen LogP contribution in [-0.2, 0) is 4.74 Å². The molecule has 11 heavy (non-hydrogen) atoms. The van der Waals surface area contributed by atoms with Crippen LogP contribution < -0.4 is 0 Å². The summed E-state index contributed by atoms with van der Waals surface area (Å²) in [5, 5.41) is 8.30. The fourth-order valence-corrected chi connectivity index (χ4v) is 0.502. The van der Waals surface area contributed by atoms with Gasteiger partial charge >= 0.3 is 6.18 Å². The van der Waals surface area contributed by atoms with Crippen molar-refractivity contribution < 1.29 is 23.0 Å². The Bertz CT molecular complexity index is 102. The smallest absolute Gasteiger partial charge is 0.396 e. The number of aliphatic hydroxyl groups is 1. The Morgan fingerprint density at radius 3 is 2.36 bits per heavy atom. The number of aliphatic hydroxyl groups excluding tert-OH is 1. The lowest BCUT2D eigenvalue weighted by atomic mass is 10.3. The Morgan fingerprint density at radius 1 is 1.45 bits per heavy atom. The standard InChI is InChI=1S/C6H11F3O2/c1-5(2-3-10)11-4-6(7,8)9/h5,10H,2-4H2,1H3. The SMILES string of the molecule is CC(CCO)OCC(F)(F)F. The number of halogens is 3. The third-order valence-electron chi connectivity index (χ3n) is 1.07. The molecule has 0 spiro atoms. The largest absolute Gasteiger partial charge is 0.411 e. The zero-order chi connectivity index (χ0) is 8.91. The van der Waals surface area contributed by atoms with E-state index in [1.165, 1.54) is 6.92 Å². The van der Waals surface area contributed by atoms with E-state index >= 15 is 0 Å². The van der Waals surface area contributed by atoms with Gasteiger partial charge in [-0.05, 0) is 13.3 Å². The molecular formula is C6H11F3O2. The van der Waals surface area contributed by atoms with Crippen LogP contribution in [-0.4, -0.2) is 30.6 Å². The minimum absolute atomic E-state index is 0.154. The molecule has 0 aliphatic carbocycles. The van der Waals surface area contributed by atoms with Gasteiger partial charge in [-0.2, -0.15) is 13.2 Å². The Labute approximate surface area is 63.0 Å². The Hall–Kier alpha value is -0.290. The predicted molar refractivity (Wildman–Crippen MR) is 33.2 cm³/mol. The van der Waals surface area contributed by atoms with Crippen LogP contribution in [0.3, 0.4) is 0 Å². The number of alkyl halides is 3. The molecule has 0 aromatic carbocycles. The van der Waals surface area contributed by atoms with E-state index in [4.69, 9.17) is 5.11 Å². The normalized spacial score (nSPS) is 15.0. The van der Waals surface area contributed by atoms with Crippen molar-refractivity contribution in [2.24, 2.45) is 0 Å². The minimum atomic E-state index is -4.27. The van der Waals surface area contributed by atoms with Crippen LogP contribution in [0.1, 0.15) is 13.3 Å². The molecule has 0 rings (SSSR count).